The van der Waals surface area contributed by atoms with Gasteiger partial charge in [0.1, 0.15) is 5.76 Å². The van der Waals surface area contributed by atoms with E-state index in [1.54, 1.807) is 30.4 Å². The van der Waals surface area contributed by atoms with Crippen LogP contribution in [0, 0.1) is 0 Å². The maximum atomic E-state index is 11.8. The minimum atomic E-state index is -4.20. The van der Waals surface area contributed by atoms with Crippen LogP contribution >= 0.6 is 0 Å². The highest BCUT2D eigenvalue weighted by Crippen LogP contribution is 2.27. The van der Waals surface area contributed by atoms with Gasteiger partial charge in [-0.15, -0.1) is 0 Å². The second-order valence-corrected chi connectivity index (χ2v) is 6.03. The van der Waals surface area contributed by atoms with E-state index in [9.17, 15) is 8.42 Å². The van der Waals surface area contributed by atoms with Gasteiger partial charge < -0.3 is 4.74 Å². The molecule has 0 saturated heterocycles. The Balaban J connectivity index is 2.34. The monoisotopic (exact) mass is 337 g/mol. The minimum absolute atomic E-state index is 0.291. The number of hydrogen-bond acceptors (Lipinski definition) is 6. The van der Waals surface area contributed by atoms with Crippen molar-refractivity contribution in [3.63, 3.8) is 0 Å². The zero-order valence-electron chi connectivity index (χ0n) is 12.9. The quantitative estimate of drug-likeness (QED) is 0.768. The Morgan fingerprint density at radius 2 is 1.83 bits per heavy atom. The van der Waals surface area contributed by atoms with Gasteiger partial charge in [0.05, 0.1) is 14.2 Å². The van der Waals surface area contributed by atoms with Crippen molar-refractivity contribution in [3.05, 3.63) is 72.0 Å². The van der Waals surface area contributed by atoms with E-state index >= 15 is 0 Å². The molecule has 0 heterocycles. The summed E-state index contributed by atoms with van der Waals surface area (Å²) in [4.78, 5) is 0. The summed E-state index contributed by atoms with van der Waals surface area (Å²) in [5.41, 5.74) is -0.533. The highest BCUT2D eigenvalue weighted by molar-refractivity contribution is 7.81. The van der Waals surface area contributed by atoms with Gasteiger partial charge in [-0.3, -0.25) is 9.50 Å². The molecule has 1 aromatic rings. The van der Waals surface area contributed by atoms with E-state index < -0.39 is 16.1 Å². The van der Waals surface area contributed by atoms with Crippen molar-refractivity contribution in [2.24, 2.45) is 0 Å². The Bertz CT molecular complexity index is 709. The van der Waals surface area contributed by atoms with E-state index in [0.717, 1.165) is 12.7 Å². The van der Waals surface area contributed by atoms with Crippen molar-refractivity contribution in [3.8, 4) is 0 Å². The summed E-state index contributed by atoms with van der Waals surface area (Å²) in [6, 6.07) is 9.53. The number of ether oxygens (including phenoxy) is 1. The molecule has 0 fully saturated rings. The van der Waals surface area contributed by atoms with Crippen LogP contribution in [-0.2, 0) is 30.0 Å². The lowest BCUT2D eigenvalue weighted by atomic mass is 10.1. The lowest BCUT2D eigenvalue weighted by Crippen LogP contribution is -2.49. The van der Waals surface area contributed by atoms with Crippen molar-refractivity contribution in [1.29, 1.82) is 0 Å². The van der Waals surface area contributed by atoms with Gasteiger partial charge in [0.2, 0.25) is 5.72 Å². The number of hydrogen-bond donors (Lipinski definition) is 1. The molecule has 1 unspecified atom stereocenters. The van der Waals surface area contributed by atoms with Gasteiger partial charge in [-0.05, 0) is 17.7 Å². The summed E-state index contributed by atoms with van der Waals surface area (Å²) >= 11 is 0. The van der Waals surface area contributed by atoms with Crippen LogP contribution in [0.25, 0.3) is 0 Å². The van der Waals surface area contributed by atoms with E-state index in [4.69, 9.17) is 8.92 Å². The number of nitrogens with one attached hydrogen (secondary N) is 1. The molecule has 1 atom stereocenters. The molecule has 0 bridgehead atoms. The second-order valence-electron chi connectivity index (χ2n) is 4.71. The largest absolute Gasteiger partial charge is 0.496 e. The zero-order valence-corrected chi connectivity index (χ0v) is 13.7. The van der Waals surface area contributed by atoms with Crippen LogP contribution in [-0.4, -0.2) is 28.4 Å². The molecule has 1 N–H and O–H groups in total. The van der Waals surface area contributed by atoms with E-state index in [-0.39, 0.29) is 0 Å². The first-order chi connectivity index (χ1) is 11.0. The average molecular weight is 337 g/mol. The summed E-state index contributed by atoms with van der Waals surface area (Å²) in [5.74, 6) is 0.291. The van der Waals surface area contributed by atoms with Gasteiger partial charge in [-0.1, -0.05) is 48.6 Å². The van der Waals surface area contributed by atoms with Crippen LogP contribution in [0.1, 0.15) is 5.56 Å². The van der Waals surface area contributed by atoms with Gasteiger partial charge in [-0.25, -0.2) is 4.18 Å². The second kappa shape index (κ2) is 7.56. The molecule has 0 radical (unpaired) electrons. The number of methoxy groups -OCH3 is 1. The number of rotatable bonds is 7. The Kier molecular flexibility index (Phi) is 5.73. The van der Waals surface area contributed by atoms with Crippen LogP contribution in [0.4, 0.5) is 0 Å². The van der Waals surface area contributed by atoms with E-state index in [1.165, 1.54) is 7.11 Å². The average Bonchev–Trinajstić information content (AvgIpc) is 2.76. The van der Waals surface area contributed by atoms with Gasteiger partial charge in [0.25, 0.3) is 0 Å². The SMILES string of the molecule is COC1=CC=CC=CC1(NCc1ccccc1)OS(=O)(=O)OC. The molecular formula is C16H19NO5S. The van der Waals surface area contributed by atoms with Crippen LogP contribution in [0.2, 0.25) is 0 Å². The molecule has 0 aliphatic heterocycles. The fourth-order valence-electron chi connectivity index (χ4n) is 2.09. The summed E-state index contributed by atoms with van der Waals surface area (Å²) in [6.45, 7) is 0.366. The topological polar surface area (TPSA) is 73.9 Å². The van der Waals surface area contributed by atoms with Crippen LogP contribution < -0.4 is 5.32 Å². The first-order valence-electron chi connectivity index (χ1n) is 6.92. The molecule has 0 amide bonds. The highest BCUT2D eigenvalue weighted by Gasteiger charge is 2.39. The maximum Gasteiger partial charge on any atom is 0.402 e. The molecule has 1 aromatic carbocycles. The molecule has 124 valence electrons. The third-order valence-corrected chi connectivity index (χ3v) is 4.10. The molecule has 7 heteroatoms. The molecule has 0 spiro atoms. The summed E-state index contributed by atoms with van der Waals surface area (Å²) in [7, 11) is -1.72. The molecule has 0 saturated carbocycles. The third kappa shape index (κ3) is 4.52. The van der Waals surface area contributed by atoms with E-state index in [1.807, 2.05) is 30.3 Å². The first kappa shape index (κ1) is 17.4. The van der Waals surface area contributed by atoms with Crippen molar-refractivity contribution in [2.45, 2.75) is 12.3 Å². The predicted molar refractivity (Wildman–Crippen MR) is 86.4 cm³/mol. The first-order valence-corrected chi connectivity index (χ1v) is 8.25. The van der Waals surface area contributed by atoms with Gasteiger partial charge >= 0.3 is 10.4 Å². The Morgan fingerprint density at radius 3 is 2.48 bits per heavy atom. The lowest BCUT2D eigenvalue weighted by molar-refractivity contribution is 0.0475. The highest BCUT2D eigenvalue weighted by atomic mass is 32.3. The molecule has 1 aliphatic carbocycles. The van der Waals surface area contributed by atoms with Gasteiger partial charge in [0.15, 0.2) is 0 Å². The number of allylic oxidation sites excluding steroid dienone is 4. The van der Waals surface area contributed by atoms with Crippen molar-refractivity contribution in [1.82, 2.24) is 5.32 Å². The normalized spacial score (nSPS) is 20.9. The van der Waals surface area contributed by atoms with Gasteiger partial charge in [-0.2, -0.15) is 8.42 Å². The number of benzene rings is 1. The van der Waals surface area contributed by atoms with Crippen LogP contribution in [0.5, 0.6) is 0 Å². The van der Waals surface area contributed by atoms with Crippen LogP contribution in [0.15, 0.2) is 66.5 Å². The minimum Gasteiger partial charge on any atom is -0.496 e. The molecule has 23 heavy (non-hydrogen) atoms. The molecule has 2 rings (SSSR count). The molecule has 1 aliphatic rings. The molecule has 0 aromatic heterocycles. The fraction of sp³-hybridized carbons (Fsp3) is 0.250. The van der Waals surface area contributed by atoms with Crippen LogP contribution in [0.3, 0.4) is 0 Å². The van der Waals surface area contributed by atoms with Crippen molar-refractivity contribution >= 4 is 10.4 Å². The summed E-state index contributed by atoms with van der Waals surface area (Å²) < 4.78 is 38.7. The van der Waals surface area contributed by atoms with E-state index in [0.29, 0.717) is 12.3 Å². The fourth-order valence-corrected chi connectivity index (χ4v) is 2.68. The Hall–Kier alpha value is -1.93. The van der Waals surface area contributed by atoms with Crippen molar-refractivity contribution < 1.29 is 21.5 Å². The standard InChI is InChI=1S/C16H19NO5S/c1-20-15-11-7-4-8-12-16(15,22-23(18,19)21-2)17-13-14-9-5-3-6-10-14/h3-12,17H,13H2,1-2H3. The summed E-state index contributed by atoms with van der Waals surface area (Å²) in [5, 5.41) is 3.08. The van der Waals surface area contributed by atoms with Crippen molar-refractivity contribution in [2.75, 3.05) is 14.2 Å². The lowest BCUT2D eigenvalue weighted by Gasteiger charge is -2.31. The summed E-state index contributed by atoms with van der Waals surface area (Å²) in [6.07, 6.45) is 8.33. The Morgan fingerprint density at radius 1 is 1.09 bits per heavy atom. The third-order valence-electron chi connectivity index (χ3n) is 3.22. The molecular weight excluding hydrogens is 318 g/mol. The zero-order chi connectivity index (χ0) is 16.8. The smallest absolute Gasteiger partial charge is 0.402 e. The van der Waals surface area contributed by atoms with E-state index in [2.05, 4.69) is 9.50 Å². The Labute approximate surface area is 136 Å². The van der Waals surface area contributed by atoms with Gasteiger partial charge in [0, 0.05) is 6.54 Å². The predicted octanol–water partition coefficient (Wildman–Crippen LogP) is 2.04. The molecule has 6 nitrogen and oxygen atoms in total. The maximum absolute atomic E-state index is 11.8.